The predicted octanol–water partition coefficient (Wildman–Crippen LogP) is 6.74. The number of alkyl halides is 4. The maximum absolute atomic E-state index is 14.3. The van der Waals surface area contributed by atoms with Crippen LogP contribution < -0.4 is 4.90 Å². The van der Waals surface area contributed by atoms with Crippen molar-refractivity contribution < 1.29 is 31.5 Å². The zero-order valence-corrected chi connectivity index (χ0v) is 24.8. The lowest BCUT2D eigenvalue weighted by Gasteiger charge is -2.34. The fraction of sp³-hybridized carbons (Fsp3) is 0.294. The van der Waals surface area contributed by atoms with Crippen LogP contribution in [-0.4, -0.2) is 58.0 Å². The van der Waals surface area contributed by atoms with Crippen LogP contribution in [-0.2, 0) is 17.5 Å². The molecule has 2 aliphatic heterocycles. The van der Waals surface area contributed by atoms with Gasteiger partial charge in [0.1, 0.15) is 23.5 Å². The van der Waals surface area contributed by atoms with E-state index >= 15 is 0 Å². The average molecular weight is 636 g/mol. The number of benzene rings is 3. The number of amides is 2. The van der Waals surface area contributed by atoms with Crippen LogP contribution >= 0.6 is 0 Å². The molecule has 3 heterocycles. The number of aromatic nitrogens is 2. The molecule has 6 rings (SSSR count). The van der Waals surface area contributed by atoms with E-state index in [9.17, 15) is 31.5 Å². The second-order valence-electron chi connectivity index (χ2n) is 11.3. The van der Waals surface area contributed by atoms with E-state index in [1.807, 2.05) is 30.3 Å². The maximum Gasteiger partial charge on any atom is 0.416 e. The van der Waals surface area contributed by atoms with E-state index in [1.54, 1.807) is 11.6 Å². The first-order valence-electron chi connectivity index (χ1n) is 15.0. The Labute approximate surface area is 262 Å². The monoisotopic (exact) mass is 635 g/mol. The Kier molecular flexibility index (Phi) is 8.56. The predicted molar refractivity (Wildman–Crippen MR) is 162 cm³/mol. The molecule has 3 aromatic carbocycles. The fourth-order valence-corrected chi connectivity index (χ4v) is 6.04. The Morgan fingerprint density at radius 2 is 1.67 bits per heavy atom. The molecule has 4 aromatic rings. The largest absolute Gasteiger partial charge is 0.416 e. The van der Waals surface area contributed by atoms with Crippen molar-refractivity contribution in [1.82, 2.24) is 14.7 Å². The number of hydrogen-bond donors (Lipinski definition) is 0. The summed E-state index contributed by atoms with van der Waals surface area (Å²) in [5.41, 5.74) is 0.626. The van der Waals surface area contributed by atoms with Crippen molar-refractivity contribution in [2.45, 2.75) is 44.6 Å². The molecular weight excluding hydrogens is 605 g/mol. The summed E-state index contributed by atoms with van der Waals surface area (Å²) in [6.07, 6.45) is -4.86. The minimum atomic E-state index is -4.69. The molecular formula is C34H30F5N5O2. The summed E-state index contributed by atoms with van der Waals surface area (Å²) >= 11 is 0. The van der Waals surface area contributed by atoms with Gasteiger partial charge >= 0.3 is 6.18 Å². The second-order valence-corrected chi connectivity index (χ2v) is 11.3. The molecule has 7 nitrogen and oxygen atoms in total. The number of aliphatic imine (C=N–C) groups is 1. The van der Waals surface area contributed by atoms with Crippen LogP contribution in [0.25, 0.3) is 5.69 Å². The Balaban J connectivity index is 1.57. The van der Waals surface area contributed by atoms with Gasteiger partial charge in [-0.1, -0.05) is 36.4 Å². The van der Waals surface area contributed by atoms with Gasteiger partial charge in [0, 0.05) is 37.3 Å². The van der Waals surface area contributed by atoms with Crippen LogP contribution in [0.3, 0.4) is 0 Å². The van der Waals surface area contributed by atoms with Crippen LogP contribution in [0.1, 0.15) is 58.4 Å². The number of rotatable bonds is 6. The van der Waals surface area contributed by atoms with Crippen molar-refractivity contribution in [2.75, 3.05) is 24.5 Å². The van der Waals surface area contributed by atoms with Gasteiger partial charge in [-0.2, -0.15) is 18.3 Å². The van der Waals surface area contributed by atoms with Crippen molar-refractivity contribution >= 4 is 23.3 Å². The Bertz CT molecular complexity index is 1780. The van der Waals surface area contributed by atoms with Gasteiger partial charge in [0.25, 0.3) is 11.8 Å². The van der Waals surface area contributed by atoms with Crippen molar-refractivity contribution in [3.8, 4) is 5.69 Å². The van der Waals surface area contributed by atoms with Crippen molar-refractivity contribution in [3.63, 3.8) is 0 Å². The summed E-state index contributed by atoms with van der Waals surface area (Å²) < 4.78 is 70.2. The molecule has 0 saturated carbocycles. The van der Waals surface area contributed by atoms with Crippen LogP contribution in [0.5, 0.6) is 0 Å². The Morgan fingerprint density at radius 1 is 0.978 bits per heavy atom. The van der Waals surface area contributed by atoms with E-state index in [1.165, 1.54) is 35.2 Å². The van der Waals surface area contributed by atoms with Crippen LogP contribution in [0, 0.1) is 5.82 Å². The summed E-state index contributed by atoms with van der Waals surface area (Å²) in [5, 5.41) is 4.96. The number of anilines is 1. The first-order valence-corrected chi connectivity index (χ1v) is 15.0. The summed E-state index contributed by atoms with van der Waals surface area (Å²) in [5.74, 6) is -2.75. The molecule has 12 heteroatoms. The Morgan fingerprint density at radius 3 is 2.33 bits per heavy atom. The van der Waals surface area contributed by atoms with Gasteiger partial charge in [0.2, 0.25) is 0 Å². The first kappa shape index (κ1) is 31.3. The normalized spacial score (nSPS) is 18.7. The first-order chi connectivity index (χ1) is 22.0. The number of para-hydroxylation sites is 1. The van der Waals surface area contributed by atoms with Gasteiger partial charge in [-0.05, 0) is 67.8 Å². The van der Waals surface area contributed by atoms with Crippen LogP contribution in [0.2, 0.25) is 0 Å². The number of carbonyl (C=O) groups excluding carboxylic acids is 2. The maximum atomic E-state index is 14.3. The zero-order valence-electron chi connectivity index (χ0n) is 24.8. The van der Waals surface area contributed by atoms with Gasteiger partial charge in [0.05, 0.1) is 22.9 Å². The highest BCUT2D eigenvalue weighted by atomic mass is 19.4. The number of halogens is 5. The average Bonchev–Trinajstić information content (AvgIpc) is 3.41. The number of hydrogen-bond acceptors (Lipinski definition) is 4. The third-order valence-corrected chi connectivity index (χ3v) is 8.32. The highest BCUT2D eigenvalue weighted by molar-refractivity contribution is 6.49. The van der Waals surface area contributed by atoms with Crippen molar-refractivity contribution in [3.05, 3.63) is 113 Å². The van der Waals surface area contributed by atoms with Gasteiger partial charge in [-0.25, -0.2) is 18.5 Å². The number of likely N-dealkylation sites (tertiary alicyclic amines) is 1. The molecule has 0 unspecified atom stereocenters. The molecule has 0 radical (unpaired) electrons. The second kappa shape index (κ2) is 12.6. The molecule has 46 heavy (non-hydrogen) atoms. The number of nitrogens with zero attached hydrogens (tertiary/aromatic N) is 5. The van der Waals surface area contributed by atoms with Crippen molar-refractivity contribution in [1.29, 1.82) is 0 Å². The van der Waals surface area contributed by atoms with Gasteiger partial charge < -0.3 is 0 Å². The molecule has 0 N–H and O–H groups in total. The topological polar surface area (TPSA) is 70.8 Å². The minimum Gasteiger partial charge on any atom is -0.297 e. The van der Waals surface area contributed by atoms with E-state index in [0.717, 1.165) is 12.1 Å². The lowest BCUT2D eigenvalue weighted by molar-refractivity contribution is -0.137. The number of piperidine rings is 1. The van der Waals surface area contributed by atoms with E-state index in [-0.39, 0.29) is 17.8 Å². The summed E-state index contributed by atoms with van der Waals surface area (Å²) in [4.78, 5) is 35.5. The summed E-state index contributed by atoms with van der Waals surface area (Å²) in [6.45, 7) is 3.18. The highest BCUT2D eigenvalue weighted by Crippen LogP contribution is 2.43. The van der Waals surface area contributed by atoms with E-state index in [0.29, 0.717) is 66.9 Å². The molecule has 1 atom stereocenters. The molecule has 1 saturated heterocycles. The fourth-order valence-electron chi connectivity index (χ4n) is 6.04. The molecule has 0 aliphatic carbocycles. The molecule has 238 valence electrons. The number of carbonyl (C=O) groups is 2. The van der Waals surface area contributed by atoms with Gasteiger partial charge in [-0.3, -0.25) is 19.4 Å². The third kappa shape index (κ3) is 6.09. The SMILES string of the molecule is CCN1C(=O)C(=NC(=O)c2cccc(C(F)(F)F)c2)[C@@H](c2ccc(F)cc2)c2c(CN3CCC(F)CC3)nn(-c3ccccc3)c21. The third-order valence-electron chi connectivity index (χ3n) is 8.32. The lowest BCUT2D eigenvalue weighted by Crippen LogP contribution is -2.45. The summed E-state index contributed by atoms with van der Waals surface area (Å²) in [6, 6.07) is 18.4. The summed E-state index contributed by atoms with van der Waals surface area (Å²) in [7, 11) is 0. The molecule has 2 aliphatic rings. The zero-order chi connectivity index (χ0) is 32.6. The quantitative estimate of drug-likeness (QED) is 0.220. The Hall–Kier alpha value is -4.71. The molecule has 0 bridgehead atoms. The van der Waals surface area contributed by atoms with E-state index in [4.69, 9.17) is 5.10 Å². The highest BCUT2D eigenvalue weighted by Gasteiger charge is 2.44. The number of fused-ring (bicyclic) bond motifs is 1. The van der Waals surface area contributed by atoms with Crippen LogP contribution in [0.4, 0.5) is 27.8 Å². The van der Waals surface area contributed by atoms with Crippen LogP contribution in [0.15, 0.2) is 83.9 Å². The van der Waals surface area contributed by atoms with Crippen molar-refractivity contribution in [2.24, 2.45) is 4.99 Å². The molecule has 1 aromatic heterocycles. The molecule has 1 fully saturated rings. The van der Waals surface area contributed by atoms with Gasteiger partial charge in [-0.15, -0.1) is 0 Å². The van der Waals surface area contributed by atoms with Gasteiger partial charge in [0.15, 0.2) is 0 Å². The minimum absolute atomic E-state index is 0.157. The molecule has 2 amide bonds. The molecule has 0 spiro atoms. The van der Waals surface area contributed by atoms with E-state index in [2.05, 4.69) is 9.89 Å². The smallest absolute Gasteiger partial charge is 0.297 e. The lowest BCUT2D eigenvalue weighted by atomic mass is 9.82. The standard InChI is InChI=1S/C34H30F5N5O2/c1-2-43-32-29(27(20-42-17-15-25(36)16-18-42)41-44(32)26-9-4-3-5-10-26)28(21-11-13-24(35)14-12-21)30(33(43)46)40-31(45)22-7-6-8-23(19-22)34(37,38)39/h3-14,19,25,28H,2,15-18,20H2,1H3/t28-/m0/s1. The van der Waals surface area contributed by atoms with E-state index < -0.39 is 41.5 Å².